The summed E-state index contributed by atoms with van der Waals surface area (Å²) in [4.78, 5) is 37.3. The van der Waals surface area contributed by atoms with Crippen molar-refractivity contribution < 1.29 is 19.1 Å². The Balaban J connectivity index is 1.57. The number of imidazole rings is 1. The van der Waals surface area contributed by atoms with E-state index < -0.39 is 5.54 Å². The Hall–Kier alpha value is -2.87. The fourth-order valence-corrected chi connectivity index (χ4v) is 4.57. The summed E-state index contributed by atoms with van der Waals surface area (Å²) in [5.74, 6) is 0.606. The normalized spacial score (nSPS) is 17.9. The number of fused-ring (bicyclic) bond motifs is 2. The van der Waals surface area contributed by atoms with Gasteiger partial charge in [-0.2, -0.15) is 0 Å². The fourth-order valence-electron chi connectivity index (χ4n) is 4.57. The van der Waals surface area contributed by atoms with Gasteiger partial charge in [-0.1, -0.05) is 6.07 Å². The standard InChI is InChI=1S/C21H26N4O4/c1-28-13-18(26)25-9-6-17-19(23-14-22-17)21(25)7-10-24(11-8-21)20(27)15-4-3-5-16(12-15)29-2/h3-5,12,14H,6-11,13H2,1-2H3,(H,22,23). The van der Waals surface area contributed by atoms with Gasteiger partial charge in [0.25, 0.3) is 5.91 Å². The quantitative estimate of drug-likeness (QED) is 0.845. The Bertz CT molecular complexity index is 902. The largest absolute Gasteiger partial charge is 0.497 e. The lowest BCUT2D eigenvalue weighted by Gasteiger charge is -2.50. The van der Waals surface area contributed by atoms with Crippen LogP contribution in [-0.2, 0) is 21.5 Å². The van der Waals surface area contributed by atoms with Crippen LogP contribution < -0.4 is 4.74 Å². The summed E-state index contributed by atoms with van der Waals surface area (Å²) in [6.45, 7) is 1.79. The second-order valence-corrected chi connectivity index (χ2v) is 7.51. The van der Waals surface area contributed by atoms with E-state index in [-0.39, 0.29) is 18.4 Å². The second kappa shape index (κ2) is 7.87. The van der Waals surface area contributed by atoms with Crippen LogP contribution in [0.2, 0.25) is 0 Å². The lowest BCUT2D eigenvalue weighted by atomic mass is 9.78. The minimum absolute atomic E-state index is 0.0217. The molecule has 1 aromatic heterocycles. The number of carbonyl (C=O) groups is 2. The lowest BCUT2D eigenvalue weighted by Crippen LogP contribution is -2.59. The van der Waals surface area contributed by atoms with Crippen LogP contribution in [0.5, 0.6) is 5.75 Å². The van der Waals surface area contributed by atoms with Gasteiger partial charge in [-0.05, 0) is 31.0 Å². The van der Waals surface area contributed by atoms with Crippen molar-refractivity contribution in [1.82, 2.24) is 19.8 Å². The Kier molecular flexibility index (Phi) is 5.27. The van der Waals surface area contributed by atoms with Crippen molar-refractivity contribution in [2.24, 2.45) is 0 Å². The Morgan fingerprint density at radius 3 is 2.72 bits per heavy atom. The van der Waals surface area contributed by atoms with Crippen LogP contribution in [0.3, 0.4) is 0 Å². The summed E-state index contributed by atoms with van der Waals surface area (Å²) in [7, 11) is 3.12. The molecule has 2 aliphatic heterocycles. The molecule has 1 N–H and O–H groups in total. The summed E-state index contributed by atoms with van der Waals surface area (Å²) in [5.41, 5.74) is 2.13. The van der Waals surface area contributed by atoms with E-state index in [0.29, 0.717) is 43.8 Å². The summed E-state index contributed by atoms with van der Waals surface area (Å²) >= 11 is 0. The molecule has 2 aromatic rings. The molecule has 2 aliphatic rings. The molecule has 29 heavy (non-hydrogen) atoms. The maximum atomic E-state index is 13.0. The van der Waals surface area contributed by atoms with Gasteiger partial charge in [-0.3, -0.25) is 9.59 Å². The Labute approximate surface area is 169 Å². The first-order chi connectivity index (χ1) is 14.1. The molecule has 8 heteroatoms. The van der Waals surface area contributed by atoms with E-state index in [9.17, 15) is 9.59 Å². The highest BCUT2D eigenvalue weighted by Gasteiger charge is 2.49. The summed E-state index contributed by atoms with van der Waals surface area (Å²) in [6, 6.07) is 7.20. The van der Waals surface area contributed by atoms with Crippen molar-refractivity contribution in [2.45, 2.75) is 24.8 Å². The number of amides is 2. The predicted octanol–water partition coefficient (Wildman–Crippen LogP) is 1.58. The van der Waals surface area contributed by atoms with Crippen LogP contribution in [-0.4, -0.2) is 72.0 Å². The zero-order valence-corrected chi connectivity index (χ0v) is 16.8. The van der Waals surface area contributed by atoms with Gasteiger partial charge < -0.3 is 24.3 Å². The number of nitrogens with one attached hydrogen (secondary N) is 1. The molecule has 4 rings (SSSR count). The molecule has 0 aliphatic carbocycles. The SMILES string of the molecule is COCC(=O)N1CCc2[nH]cnc2C12CCN(C(=O)c1cccc(OC)c1)CC2. The summed E-state index contributed by atoms with van der Waals surface area (Å²) < 4.78 is 10.3. The van der Waals surface area contributed by atoms with Crippen LogP contribution in [0, 0.1) is 0 Å². The van der Waals surface area contributed by atoms with Crippen molar-refractivity contribution in [3.63, 3.8) is 0 Å². The number of aromatic amines is 1. The third-order valence-electron chi connectivity index (χ3n) is 6.02. The molecule has 1 fully saturated rings. The molecule has 0 bridgehead atoms. The predicted molar refractivity (Wildman–Crippen MR) is 106 cm³/mol. The molecule has 3 heterocycles. The zero-order chi connectivity index (χ0) is 20.4. The highest BCUT2D eigenvalue weighted by molar-refractivity contribution is 5.94. The van der Waals surface area contributed by atoms with Crippen molar-refractivity contribution >= 4 is 11.8 Å². The van der Waals surface area contributed by atoms with E-state index in [0.717, 1.165) is 17.8 Å². The van der Waals surface area contributed by atoms with Gasteiger partial charge in [0, 0.05) is 44.4 Å². The number of aromatic nitrogens is 2. The van der Waals surface area contributed by atoms with Crippen molar-refractivity contribution in [3.05, 3.63) is 47.5 Å². The first-order valence-electron chi connectivity index (χ1n) is 9.84. The third-order valence-corrected chi connectivity index (χ3v) is 6.02. The van der Waals surface area contributed by atoms with E-state index in [4.69, 9.17) is 9.47 Å². The van der Waals surface area contributed by atoms with Crippen molar-refractivity contribution in [2.75, 3.05) is 40.5 Å². The molecule has 0 saturated carbocycles. The summed E-state index contributed by atoms with van der Waals surface area (Å²) in [5, 5.41) is 0. The number of piperidine rings is 1. The molecule has 0 atom stereocenters. The van der Waals surface area contributed by atoms with Crippen molar-refractivity contribution in [1.29, 1.82) is 0 Å². The number of rotatable bonds is 4. The number of hydrogen-bond donors (Lipinski definition) is 1. The van der Waals surface area contributed by atoms with E-state index in [2.05, 4.69) is 9.97 Å². The number of ether oxygens (including phenoxy) is 2. The number of nitrogens with zero attached hydrogens (tertiary/aromatic N) is 3. The van der Waals surface area contributed by atoms with E-state index in [1.54, 1.807) is 25.6 Å². The van der Waals surface area contributed by atoms with E-state index in [1.165, 1.54) is 7.11 Å². The van der Waals surface area contributed by atoms with Crippen LogP contribution in [0.15, 0.2) is 30.6 Å². The first-order valence-corrected chi connectivity index (χ1v) is 9.84. The Morgan fingerprint density at radius 1 is 1.21 bits per heavy atom. The highest BCUT2D eigenvalue weighted by atomic mass is 16.5. The minimum Gasteiger partial charge on any atom is -0.497 e. The molecular formula is C21H26N4O4. The molecule has 8 nitrogen and oxygen atoms in total. The number of methoxy groups -OCH3 is 2. The minimum atomic E-state index is -0.492. The molecular weight excluding hydrogens is 372 g/mol. The molecule has 154 valence electrons. The maximum absolute atomic E-state index is 13.0. The monoisotopic (exact) mass is 398 g/mol. The smallest absolute Gasteiger partial charge is 0.253 e. The molecule has 0 radical (unpaired) electrons. The van der Waals surface area contributed by atoms with Crippen LogP contribution >= 0.6 is 0 Å². The number of H-pyrrole nitrogens is 1. The fraction of sp³-hybridized carbons (Fsp3) is 0.476. The topological polar surface area (TPSA) is 87.8 Å². The van der Waals surface area contributed by atoms with Gasteiger partial charge in [0.05, 0.1) is 24.7 Å². The number of likely N-dealkylation sites (tertiary alicyclic amines) is 1. The zero-order valence-electron chi connectivity index (χ0n) is 16.8. The van der Waals surface area contributed by atoms with Crippen LogP contribution in [0.1, 0.15) is 34.6 Å². The van der Waals surface area contributed by atoms with Crippen LogP contribution in [0.4, 0.5) is 0 Å². The lowest BCUT2D eigenvalue weighted by molar-refractivity contribution is -0.145. The van der Waals surface area contributed by atoms with E-state index in [1.807, 2.05) is 21.9 Å². The van der Waals surface area contributed by atoms with Crippen LogP contribution in [0.25, 0.3) is 0 Å². The van der Waals surface area contributed by atoms with Gasteiger partial charge in [0.1, 0.15) is 12.4 Å². The van der Waals surface area contributed by atoms with Crippen molar-refractivity contribution in [3.8, 4) is 5.75 Å². The highest BCUT2D eigenvalue weighted by Crippen LogP contribution is 2.42. The van der Waals surface area contributed by atoms with Gasteiger partial charge in [0.15, 0.2) is 0 Å². The average Bonchev–Trinajstić information content (AvgIpc) is 3.24. The number of benzene rings is 1. The number of carbonyl (C=O) groups excluding carboxylic acids is 2. The summed E-state index contributed by atoms with van der Waals surface area (Å²) in [6.07, 6.45) is 3.75. The average molecular weight is 398 g/mol. The molecule has 1 aromatic carbocycles. The van der Waals surface area contributed by atoms with E-state index >= 15 is 0 Å². The molecule has 0 unspecified atom stereocenters. The maximum Gasteiger partial charge on any atom is 0.253 e. The van der Waals surface area contributed by atoms with Gasteiger partial charge in [-0.15, -0.1) is 0 Å². The number of hydrogen-bond acceptors (Lipinski definition) is 5. The first kappa shape index (κ1) is 19.4. The van der Waals surface area contributed by atoms with Gasteiger partial charge in [0.2, 0.25) is 5.91 Å². The molecule has 1 spiro atoms. The molecule has 2 amide bonds. The van der Waals surface area contributed by atoms with Gasteiger partial charge in [-0.25, -0.2) is 4.98 Å². The van der Waals surface area contributed by atoms with Gasteiger partial charge >= 0.3 is 0 Å². The molecule has 1 saturated heterocycles. The Morgan fingerprint density at radius 2 is 2.00 bits per heavy atom. The second-order valence-electron chi connectivity index (χ2n) is 7.51. The third kappa shape index (κ3) is 3.37.